The van der Waals surface area contributed by atoms with Crippen molar-refractivity contribution < 1.29 is 9.53 Å². The topological polar surface area (TPSA) is 66.0 Å². The molecule has 0 aromatic heterocycles. The number of amides is 1. The van der Waals surface area contributed by atoms with Gasteiger partial charge in [-0.3, -0.25) is 9.79 Å². The van der Waals surface area contributed by atoms with Gasteiger partial charge in [-0.25, -0.2) is 0 Å². The van der Waals surface area contributed by atoms with Gasteiger partial charge >= 0.3 is 0 Å². The van der Waals surface area contributed by atoms with Crippen molar-refractivity contribution in [1.82, 2.24) is 15.5 Å². The Kier molecular flexibility index (Phi) is 6.66. The van der Waals surface area contributed by atoms with Crippen LogP contribution in [0.3, 0.4) is 0 Å². The molecule has 2 N–H and O–H groups in total. The average Bonchev–Trinajstić information content (AvgIpc) is 3.14. The van der Waals surface area contributed by atoms with E-state index in [1.807, 2.05) is 25.8 Å². The molecule has 0 aromatic carbocycles. The second-order valence-electron chi connectivity index (χ2n) is 8.81. The number of nitrogens with zero attached hydrogens (tertiary/aromatic N) is 2. The summed E-state index contributed by atoms with van der Waals surface area (Å²) >= 11 is 0. The van der Waals surface area contributed by atoms with Gasteiger partial charge in [0.2, 0.25) is 5.91 Å². The van der Waals surface area contributed by atoms with Crippen molar-refractivity contribution in [3.8, 4) is 0 Å². The van der Waals surface area contributed by atoms with Gasteiger partial charge in [0.1, 0.15) is 0 Å². The van der Waals surface area contributed by atoms with Crippen LogP contribution in [-0.4, -0.2) is 61.7 Å². The molecule has 0 bridgehead atoms. The number of ether oxygens (including phenoxy) is 1. The van der Waals surface area contributed by atoms with E-state index in [-0.39, 0.29) is 23.3 Å². The van der Waals surface area contributed by atoms with Crippen LogP contribution in [0.1, 0.15) is 65.7 Å². The largest absolute Gasteiger partial charge is 0.378 e. The number of hydrogen-bond donors (Lipinski definition) is 2. The van der Waals surface area contributed by atoms with Gasteiger partial charge < -0.3 is 20.3 Å². The van der Waals surface area contributed by atoms with Crippen LogP contribution in [0.25, 0.3) is 0 Å². The summed E-state index contributed by atoms with van der Waals surface area (Å²) in [7, 11) is 1.84. The summed E-state index contributed by atoms with van der Waals surface area (Å²) in [5, 5.41) is 7.26. The van der Waals surface area contributed by atoms with Gasteiger partial charge in [-0.1, -0.05) is 33.1 Å². The van der Waals surface area contributed by atoms with E-state index in [0.717, 1.165) is 38.5 Å². The maximum Gasteiger partial charge on any atom is 0.225 e. The fourth-order valence-corrected chi connectivity index (χ4v) is 5.24. The fraction of sp³-hybridized carbons (Fsp3) is 0.905. The Morgan fingerprint density at radius 1 is 1.26 bits per heavy atom. The van der Waals surface area contributed by atoms with Gasteiger partial charge in [-0.05, 0) is 32.6 Å². The minimum absolute atomic E-state index is 0.0674. The highest BCUT2D eigenvalue weighted by Crippen LogP contribution is 2.53. The lowest BCUT2D eigenvalue weighted by molar-refractivity contribution is -0.145. The molecule has 154 valence electrons. The standard InChI is InChI=1S/C21H38N4O2/c1-5-27-18-13-17(21(18)10-7-6-8-11-21)24-20(22-4)23-16-9-12-25(14-16)19(26)15(2)3/h15-18H,5-14H2,1-4H3,(H2,22,23,24). The second-order valence-corrected chi connectivity index (χ2v) is 8.81. The van der Waals surface area contributed by atoms with Crippen LogP contribution in [0.4, 0.5) is 0 Å². The van der Waals surface area contributed by atoms with E-state index >= 15 is 0 Å². The molecule has 1 saturated heterocycles. The third-order valence-corrected chi connectivity index (χ3v) is 6.81. The van der Waals surface area contributed by atoms with Gasteiger partial charge in [-0.2, -0.15) is 0 Å². The molecule has 3 atom stereocenters. The minimum Gasteiger partial charge on any atom is -0.378 e. The number of likely N-dealkylation sites (tertiary alicyclic amines) is 1. The number of carbonyl (C=O) groups excluding carboxylic acids is 1. The Hall–Kier alpha value is -1.30. The molecule has 1 amide bonds. The molecular formula is C21H38N4O2. The molecule has 3 rings (SSSR count). The Morgan fingerprint density at radius 3 is 2.63 bits per heavy atom. The van der Waals surface area contributed by atoms with E-state index < -0.39 is 0 Å². The molecule has 1 spiro atoms. The first kappa shape index (κ1) is 20.4. The quantitative estimate of drug-likeness (QED) is 0.570. The van der Waals surface area contributed by atoms with E-state index in [4.69, 9.17) is 4.74 Å². The first-order chi connectivity index (χ1) is 13.0. The second kappa shape index (κ2) is 8.80. The first-order valence-electron chi connectivity index (χ1n) is 10.9. The zero-order valence-electron chi connectivity index (χ0n) is 17.6. The summed E-state index contributed by atoms with van der Waals surface area (Å²) < 4.78 is 6.07. The van der Waals surface area contributed by atoms with Crippen molar-refractivity contribution in [3.05, 3.63) is 0 Å². The van der Waals surface area contributed by atoms with Crippen LogP contribution in [0, 0.1) is 11.3 Å². The summed E-state index contributed by atoms with van der Waals surface area (Å²) in [4.78, 5) is 18.7. The summed E-state index contributed by atoms with van der Waals surface area (Å²) in [6, 6.07) is 0.722. The van der Waals surface area contributed by atoms with Gasteiger partial charge in [0, 0.05) is 50.2 Å². The monoisotopic (exact) mass is 378 g/mol. The van der Waals surface area contributed by atoms with Crippen molar-refractivity contribution in [2.24, 2.45) is 16.3 Å². The van der Waals surface area contributed by atoms with Crippen molar-refractivity contribution in [3.63, 3.8) is 0 Å². The molecule has 2 aliphatic carbocycles. The minimum atomic E-state index is 0.0674. The summed E-state index contributed by atoms with van der Waals surface area (Å²) in [5.41, 5.74) is 0.279. The zero-order chi connectivity index (χ0) is 19.4. The maximum atomic E-state index is 12.2. The Bertz CT molecular complexity index is 542. The highest BCUT2D eigenvalue weighted by atomic mass is 16.5. The van der Waals surface area contributed by atoms with Crippen molar-refractivity contribution in [2.45, 2.75) is 83.9 Å². The van der Waals surface area contributed by atoms with E-state index in [9.17, 15) is 4.79 Å². The van der Waals surface area contributed by atoms with E-state index in [1.165, 1.54) is 32.1 Å². The number of guanidine groups is 1. The Labute approximate surface area is 164 Å². The predicted octanol–water partition coefficient (Wildman–Crippen LogP) is 2.54. The molecule has 27 heavy (non-hydrogen) atoms. The molecule has 6 heteroatoms. The molecule has 6 nitrogen and oxygen atoms in total. The number of carbonyl (C=O) groups is 1. The third-order valence-electron chi connectivity index (χ3n) is 6.81. The molecule has 0 aromatic rings. The van der Waals surface area contributed by atoms with Gasteiger partial charge in [-0.15, -0.1) is 0 Å². The van der Waals surface area contributed by atoms with Crippen LogP contribution < -0.4 is 10.6 Å². The zero-order valence-corrected chi connectivity index (χ0v) is 17.6. The molecule has 3 fully saturated rings. The van der Waals surface area contributed by atoms with Crippen LogP contribution in [-0.2, 0) is 9.53 Å². The number of rotatable bonds is 5. The van der Waals surface area contributed by atoms with E-state index in [0.29, 0.717) is 12.1 Å². The fourth-order valence-electron chi connectivity index (χ4n) is 5.24. The Morgan fingerprint density at radius 2 is 2.00 bits per heavy atom. The summed E-state index contributed by atoms with van der Waals surface area (Å²) in [6.07, 6.45) is 8.92. The van der Waals surface area contributed by atoms with Crippen LogP contribution in [0.5, 0.6) is 0 Å². The van der Waals surface area contributed by atoms with Crippen LogP contribution >= 0.6 is 0 Å². The smallest absolute Gasteiger partial charge is 0.225 e. The summed E-state index contributed by atoms with van der Waals surface area (Å²) in [5.74, 6) is 1.20. The highest BCUT2D eigenvalue weighted by Gasteiger charge is 2.56. The average molecular weight is 379 g/mol. The number of aliphatic imine (C=N–C) groups is 1. The van der Waals surface area contributed by atoms with Crippen LogP contribution in [0.15, 0.2) is 4.99 Å². The third kappa shape index (κ3) is 4.25. The molecule has 0 radical (unpaired) electrons. The first-order valence-corrected chi connectivity index (χ1v) is 10.9. The molecule has 1 heterocycles. The normalized spacial score (nSPS) is 30.5. The van der Waals surface area contributed by atoms with Crippen molar-refractivity contribution in [1.29, 1.82) is 0 Å². The SMILES string of the molecule is CCOC1CC(NC(=NC)NC2CCN(C(=O)C(C)C)C2)C12CCCCC2. The number of nitrogens with one attached hydrogen (secondary N) is 2. The number of hydrogen-bond acceptors (Lipinski definition) is 3. The van der Waals surface area contributed by atoms with Gasteiger partial charge in [0.15, 0.2) is 5.96 Å². The van der Waals surface area contributed by atoms with Crippen molar-refractivity contribution >= 4 is 11.9 Å². The lowest BCUT2D eigenvalue weighted by atomic mass is 9.55. The molecular weight excluding hydrogens is 340 g/mol. The Balaban J connectivity index is 1.55. The summed E-state index contributed by atoms with van der Waals surface area (Å²) in [6.45, 7) is 8.45. The highest BCUT2D eigenvalue weighted by molar-refractivity contribution is 5.81. The van der Waals surface area contributed by atoms with Crippen LogP contribution in [0.2, 0.25) is 0 Å². The molecule has 3 unspecified atom stereocenters. The predicted molar refractivity (Wildman–Crippen MR) is 109 cm³/mol. The van der Waals surface area contributed by atoms with Crippen molar-refractivity contribution in [2.75, 3.05) is 26.7 Å². The molecule has 2 saturated carbocycles. The molecule has 3 aliphatic rings. The van der Waals surface area contributed by atoms with E-state index in [1.54, 1.807) is 0 Å². The lowest BCUT2D eigenvalue weighted by Gasteiger charge is -2.58. The van der Waals surface area contributed by atoms with Gasteiger partial charge in [0.25, 0.3) is 0 Å². The maximum absolute atomic E-state index is 12.2. The van der Waals surface area contributed by atoms with Gasteiger partial charge in [0.05, 0.1) is 6.10 Å². The molecule has 1 aliphatic heterocycles. The lowest BCUT2D eigenvalue weighted by Crippen LogP contribution is -2.67. The van der Waals surface area contributed by atoms with E-state index in [2.05, 4.69) is 22.5 Å².